The van der Waals surface area contributed by atoms with E-state index in [1.165, 1.54) is 38.5 Å². The van der Waals surface area contributed by atoms with Crippen LogP contribution in [0.4, 0.5) is 5.95 Å². The van der Waals surface area contributed by atoms with E-state index in [4.69, 9.17) is 10.5 Å². The lowest BCUT2D eigenvalue weighted by Gasteiger charge is -2.22. The summed E-state index contributed by atoms with van der Waals surface area (Å²) < 4.78 is 5.75. The second kappa shape index (κ2) is 5.82. The molecular weight excluding hydrogens is 240 g/mol. The van der Waals surface area contributed by atoms with E-state index in [2.05, 4.69) is 15.0 Å². The van der Waals surface area contributed by atoms with E-state index in [-0.39, 0.29) is 6.10 Å². The molecule has 0 bridgehead atoms. The topological polar surface area (TPSA) is 73.9 Å². The Labute approximate surface area is 114 Å². The van der Waals surface area contributed by atoms with Crippen LogP contribution in [0.3, 0.4) is 0 Å². The van der Waals surface area contributed by atoms with Crippen molar-refractivity contribution in [2.24, 2.45) is 0 Å². The highest BCUT2D eigenvalue weighted by atomic mass is 16.5. The van der Waals surface area contributed by atoms with E-state index >= 15 is 0 Å². The van der Waals surface area contributed by atoms with E-state index in [0.717, 1.165) is 31.1 Å². The molecule has 1 aliphatic carbocycles. The van der Waals surface area contributed by atoms with Crippen LogP contribution in [0, 0.1) is 0 Å². The molecular formula is C14H22N4O. The first-order valence-electron chi connectivity index (χ1n) is 7.43. The third-order valence-electron chi connectivity index (χ3n) is 4.12. The van der Waals surface area contributed by atoms with Gasteiger partial charge in [-0.25, -0.2) is 4.98 Å². The van der Waals surface area contributed by atoms with Gasteiger partial charge in [0.1, 0.15) is 11.6 Å². The molecule has 19 heavy (non-hydrogen) atoms. The number of rotatable bonds is 3. The maximum Gasteiger partial charge on any atom is 0.223 e. The minimum absolute atomic E-state index is 0.256. The zero-order valence-electron chi connectivity index (χ0n) is 11.3. The molecule has 0 amide bonds. The van der Waals surface area contributed by atoms with Crippen LogP contribution in [0.5, 0.6) is 0 Å². The third-order valence-corrected chi connectivity index (χ3v) is 4.12. The quantitative estimate of drug-likeness (QED) is 0.904. The molecule has 2 aliphatic rings. The Morgan fingerprint density at radius 1 is 1.00 bits per heavy atom. The van der Waals surface area contributed by atoms with Crippen LogP contribution in [-0.2, 0) is 11.2 Å². The second-order valence-corrected chi connectivity index (χ2v) is 5.64. The van der Waals surface area contributed by atoms with Crippen LogP contribution in [0.2, 0.25) is 0 Å². The zero-order valence-corrected chi connectivity index (χ0v) is 11.3. The standard InChI is InChI=1S/C14H22N4O/c15-14-17-12(9-11-7-3-4-8-19-11)16-13(18-14)10-5-1-2-6-10/h10-11H,1-9H2,(H2,15,16,17,18). The second-order valence-electron chi connectivity index (χ2n) is 5.64. The van der Waals surface area contributed by atoms with Gasteiger partial charge >= 0.3 is 0 Å². The Bertz CT molecular complexity index is 425. The molecule has 2 heterocycles. The van der Waals surface area contributed by atoms with Crippen LogP contribution < -0.4 is 5.73 Å². The van der Waals surface area contributed by atoms with Gasteiger partial charge in [0.2, 0.25) is 5.95 Å². The van der Waals surface area contributed by atoms with Gasteiger partial charge < -0.3 is 10.5 Å². The van der Waals surface area contributed by atoms with Gasteiger partial charge in [-0.3, -0.25) is 0 Å². The molecule has 2 fully saturated rings. The lowest BCUT2D eigenvalue weighted by molar-refractivity contribution is 0.0156. The molecule has 0 radical (unpaired) electrons. The van der Waals surface area contributed by atoms with Gasteiger partial charge in [0.25, 0.3) is 0 Å². The summed E-state index contributed by atoms with van der Waals surface area (Å²) >= 11 is 0. The van der Waals surface area contributed by atoms with Crippen molar-refractivity contribution in [3.05, 3.63) is 11.6 Å². The Kier molecular flexibility index (Phi) is 3.92. The predicted molar refractivity (Wildman–Crippen MR) is 72.7 cm³/mol. The van der Waals surface area contributed by atoms with E-state index in [9.17, 15) is 0 Å². The largest absolute Gasteiger partial charge is 0.378 e. The smallest absolute Gasteiger partial charge is 0.223 e. The molecule has 104 valence electrons. The number of nitrogens with zero attached hydrogens (tertiary/aromatic N) is 3. The van der Waals surface area contributed by atoms with Crippen LogP contribution in [-0.4, -0.2) is 27.7 Å². The van der Waals surface area contributed by atoms with Gasteiger partial charge in [-0.15, -0.1) is 0 Å². The minimum Gasteiger partial charge on any atom is -0.378 e. The summed E-state index contributed by atoms with van der Waals surface area (Å²) in [5.74, 6) is 2.55. The number of anilines is 1. The number of nitrogens with two attached hydrogens (primary N) is 1. The first kappa shape index (κ1) is 12.8. The highest BCUT2D eigenvalue weighted by Crippen LogP contribution is 2.32. The number of hydrogen-bond donors (Lipinski definition) is 1. The van der Waals surface area contributed by atoms with Gasteiger partial charge in [-0.2, -0.15) is 9.97 Å². The molecule has 1 aromatic heterocycles. The Hall–Kier alpha value is -1.23. The number of ether oxygens (including phenoxy) is 1. The van der Waals surface area contributed by atoms with Crippen molar-refractivity contribution in [1.29, 1.82) is 0 Å². The fraction of sp³-hybridized carbons (Fsp3) is 0.786. The predicted octanol–water partition coefficient (Wildman–Crippen LogP) is 2.22. The van der Waals surface area contributed by atoms with E-state index in [1.54, 1.807) is 0 Å². The van der Waals surface area contributed by atoms with Gasteiger partial charge in [-0.05, 0) is 32.1 Å². The van der Waals surface area contributed by atoms with Crippen LogP contribution in [0.25, 0.3) is 0 Å². The molecule has 1 saturated heterocycles. The van der Waals surface area contributed by atoms with Gasteiger partial charge in [0.15, 0.2) is 0 Å². The Morgan fingerprint density at radius 3 is 2.53 bits per heavy atom. The molecule has 1 aliphatic heterocycles. The molecule has 0 spiro atoms. The van der Waals surface area contributed by atoms with Crippen molar-refractivity contribution in [1.82, 2.24) is 15.0 Å². The SMILES string of the molecule is Nc1nc(CC2CCCCO2)nc(C2CCCC2)n1. The van der Waals surface area contributed by atoms with E-state index in [1.807, 2.05) is 0 Å². The summed E-state index contributed by atoms with van der Waals surface area (Å²) in [5.41, 5.74) is 5.83. The van der Waals surface area contributed by atoms with Crippen LogP contribution in [0.1, 0.15) is 62.5 Å². The molecule has 1 aromatic rings. The molecule has 3 rings (SSSR count). The molecule has 1 saturated carbocycles. The van der Waals surface area contributed by atoms with Crippen molar-refractivity contribution >= 4 is 5.95 Å². The minimum atomic E-state index is 0.256. The molecule has 5 heteroatoms. The maximum absolute atomic E-state index is 5.83. The van der Waals surface area contributed by atoms with E-state index in [0.29, 0.717) is 11.9 Å². The fourth-order valence-corrected chi connectivity index (χ4v) is 3.09. The molecule has 2 N–H and O–H groups in total. The van der Waals surface area contributed by atoms with Crippen molar-refractivity contribution < 1.29 is 4.74 Å². The Balaban J connectivity index is 1.73. The average Bonchev–Trinajstić information content (AvgIpc) is 2.93. The summed E-state index contributed by atoms with van der Waals surface area (Å²) in [7, 11) is 0. The molecule has 1 unspecified atom stereocenters. The van der Waals surface area contributed by atoms with E-state index < -0.39 is 0 Å². The van der Waals surface area contributed by atoms with Gasteiger partial charge in [-0.1, -0.05) is 12.8 Å². The van der Waals surface area contributed by atoms with Gasteiger partial charge in [0.05, 0.1) is 6.10 Å². The van der Waals surface area contributed by atoms with Crippen molar-refractivity contribution in [2.75, 3.05) is 12.3 Å². The fourth-order valence-electron chi connectivity index (χ4n) is 3.09. The first-order valence-corrected chi connectivity index (χ1v) is 7.43. The van der Waals surface area contributed by atoms with Crippen LogP contribution >= 0.6 is 0 Å². The average molecular weight is 262 g/mol. The summed E-state index contributed by atoms with van der Waals surface area (Å²) in [6, 6.07) is 0. The van der Waals surface area contributed by atoms with Crippen molar-refractivity contribution in [2.45, 2.75) is 63.4 Å². The van der Waals surface area contributed by atoms with Crippen LogP contribution in [0.15, 0.2) is 0 Å². The number of aromatic nitrogens is 3. The monoisotopic (exact) mass is 262 g/mol. The Morgan fingerprint density at radius 2 is 1.79 bits per heavy atom. The van der Waals surface area contributed by atoms with Crippen molar-refractivity contribution in [3.8, 4) is 0 Å². The first-order chi connectivity index (χ1) is 9.31. The number of hydrogen-bond acceptors (Lipinski definition) is 5. The van der Waals surface area contributed by atoms with Gasteiger partial charge in [0, 0.05) is 18.9 Å². The molecule has 5 nitrogen and oxygen atoms in total. The molecule has 1 atom stereocenters. The highest BCUT2D eigenvalue weighted by molar-refractivity contribution is 5.18. The summed E-state index contributed by atoms with van der Waals surface area (Å²) in [6.45, 7) is 0.862. The maximum atomic E-state index is 5.83. The summed E-state index contributed by atoms with van der Waals surface area (Å²) in [5, 5.41) is 0. The third kappa shape index (κ3) is 3.21. The summed E-state index contributed by atoms with van der Waals surface area (Å²) in [6.07, 6.45) is 9.45. The summed E-state index contributed by atoms with van der Waals surface area (Å²) in [4.78, 5) is 13.2. The normalized spacial score (nSPS) is 24.7. The number of nitrogen functional groups attached to an aromatic ring is 1. The lowest BCUT2D eigenvalue weighted by Crippen LogP contribution is -2.23. The highest BCUT2D eigenvalue weighted by Gasteiger charge is 2.22. The lowest BCUT2D eigenvalue weighted by atomic mass is 10.1. The molecule has 0 aromatic carbocycles. The van der Waals surface area contributed by atoms with Crippen molar-refractivity contribution in [3.63, 3.8) is 0 Å². The zero-order chi connectivity index (χ0) is 13.1.